The number of hydrogen-bond acceptors (Lipinski definition) is 2. The molecule has 3 N–H and O–H groups in total. The molecule has 4 nitrogen and oxygen atoms in total. The second-order valence-electron chi connectivity index (χ2n) is 6.07. The summed E-state index contributed by atoms with van der Waals surface area (Å²) in [5.74, 6) is 0.286. The summed E-state index contributed by atoms with van der Waals surface area (Å²) in [6.07, 6.45) is 0. The van der Waals surface area contributed by atoms with E-state index >= 15 is 0 Å². The first-order valence-electron chi connectivity index (χ1n) is 8.18. The molecule has 0 spiro atoms. The van der Waals surface area contributed by atoms with Gasteiger partial charge in [-0.15, -0.1) is 0 Å². The second kappa shape index (κ2) is 9.13. The first-order chi connectivity index (χ1) is 12.0. The Balaban J connectivity index is 1.89. The molecule has 0 radical (unpaired) electrons. The van der Waals surface area contributed by atoms with Crippen LogP contribution in [0.2, 0.25) is 0 Å². The number of amides is 1. The lowest BCUT2D eigenvalue weighted by atomic mass is 9.96. The van der Waals surface area contributed by atoms with Crippen LogP contribution >= 0.6 is 0 Å². The van der Waals surface area contributed by atoms with Crippen LogP contribution in [0.15, 0.2) is 54.6 Å². The fourth-order valence-corrected chi connectivity index (χ4v) is 2.63. The van der Waals surface area contributed by atoms with Gasteiger partial charge in [0.25, 0.3) is 5.91 Å². The minimum absolute atomic E-state index is 0.0588. The normalized spacial score (nSPS) is 12.2. The van der Waals surface area contributed by atoms with Gasteiger partial charge in [0.2, 0.25) is 0 Å². The van der Waals surface area contributed by atoms with Crippen molar-refractivity contribution >= 4 is 11.6 Å². The molecule has 0 aromatic heterocycles. The SMILES string of the molecule is CC(C)[C@@H]([NH2+]CC(=O)Nc1ccc(OC(F)F)cc1)c1ccccc1. The predicted molar refractivity (Wildman–Crippen MR) is 92.5 cm³/mol. The highest BCUT2D eigenvalue weighted by Crippen LogP contribution is 2.18. The summed E-state index contributed by atoms with van der Waals surface area (Å²) in [6.45, 7) is 1.65. The van der Waals surface area contributed by atoms with E-state index in [-0.39, 0.29) is 24.2 Å². The summed E-state index contributed by atoms with van der Waals surface area (Å²) < 4.78 is 28.5. The van der Waals surface area contributed by atoms with Gasteiger partial charge in [0.1, 0.15) is 11.8 Å². The van der Waals surface area contributed by atoms with Crippen LogP contribution in [-0.4, -0.2) is 19.1 Å². The Hall–Kier alpha value is -2.47. The average Bonchev–Trinajstić information content (AvgIpc) is 2.57. The molecular weight excluding hydrogens is 326 g/mol. The molecule has 0 heterocycles. The summed E-state index contributed by atoms with van der Waals surface area (Å²) in [4.78, 5) is 12.1. The molecule has 0 aliphatic carbocycles. The number of nitrogens with two attached hydrogens (primary N) is 1. The number of halogens is 2. The third-order valence-electron chi connectivity index (χ3n) is 3.82. The van der Waals surface area contributed by atoms with Crippen molar-refractivity contribution in [1.29, 1.82) is 0 Å². The lowest BCUT2D eigenvalue weighted by molar-refractivity contribution is -0.692. The molecule has 134 valence electrons. The van der Waals surface area contributed by atoms with Gasteiger partial charge in [-0.05, 0) is 24.3 Å². The Morgan fingerprint density at radius 1 is 1.08 bits per heavy atom. The third kappa shape index (κ3) is 6.15. The van der Waals surface area contributed by atoms with Gasteiger partial charge < -0.3 is 15.4 Å². The Bertz CT molecular complexity index is 661. The topological polar surface area (TPSA) is 54.9 Å². The van der Waals surface area contributed by atoms with Crippen molar-refractivity contribution in [3.05, 3.63) is 60.2 Å². The van der Waals surface area contributed by atoms with Gasteiger partial charge in [0.05, 0.1) is 0 Å². The van der Waals surface area contributed by atoms with Crippen LogP contribution in [0.3, 0.4) is 0 Å². The van der Waals surface area contributed by atoms with E-state index in [0.29, 0.717) is 11.6 Å². The number of alkyl halides is 2. The molecule has 2 aromatic rings. The molecule has 0 aliphatic heterocycles. The summed E-state index contributed by atoms with van der Waals surface area (Å²) in [7, 11) is 0. The second-order valence-corrected chi connectivity index (χ2v) is 6.07. The van der Waals surface area contributed by atoms with Gasteiger partial charge in [-0.2, -0.15) is 8.78 Å². The van der Waals surface area contributed by atoms with Crippen LogP contribution in [0, 0.1) is 5.92 Å². The lowest BCUT2D eigenvalue weighted by Gasteiger charge is -2.19. The standard InChI is InChI=1S/C19H22F2N2O2/c1-13(2)18(14-6-4-3-5-7-14)22-12-17(24)23-15-8-10-16(11-9-15)25-19(20)21/h3-11,13,18-19,22H,12H2,1-2H3,(H,23,24)/p+1/t18-/m1/s1. The maximum Gasteiger partial charge on any atom is 0.387 e. The van der Waals surface area contributed by atoms with Crippen LogP contribution in [0.1, 0.15) is 25.5 Å². The number of anilines is 1. The first-order valence-corrected chi connectivity index (χ1v) is 8.18. The van der Waals surface area contributed by atoms with Gasteiger partial charge in [-0.1, -0.05) is 44.2 Å². The van der Waals surface area contributed by atoms with Crippen molar-refractivity contribution in [1.82, 2.24) is 0 Å². The van der Waals surface area contributed by atoms with E-state index in [1.807, 2.05) is 23.5 Å². The minimum atomic E-state index is -2.86. The zero-order chi connectivity index (χ0) is 18.2. The molecular formula is C19H23F2N2O2+. The van der Waals surface area contributed by atoms with Gasteiger partial charge in [-0.3, -0.25) is 4.79 Å². The molecule has 1 atom stereocenters. The number of ether oxygens (including phenoxy) is 1. The van der Waals surface area contributed by atoms with E-state index in [0.717, 1.165) is 0 Å². The molecule has 0 bridgehead atoms. The summed E-state index contributed by atoms with van der Waals surface area (Å²) in [5.41, 5.74) is 1.72. The summed E-state index contributed by atoms with van der Waals surface area (Å²) >= 11 is 0. The van der Waals surface area contributed by atoms with E-state index in [2.05, 4.69) is 36.0 Å². The van der Waals surface area contributed by atoms with E-state index < -0.39 is 6.61 Å². The molecule has 0 fully saturated rings. The number of benzene rings is 2. The highest BCUT2D eigenvalue weighted by molar-refractivity contribution is 5.91. The maximum atomic E-state index is 12.1. The van der Waals surface area contributed by atoms with Gasteiger partial charge in [0, 0.05) is 17.2 Å². The van der Waals surface area contributed by atoms with E-state index in [9.17, 15) is 13.6 Å². The van der Waals surface area contributed by atoms with Crippen LogP contribution < -0.4 is 15.4 Å². The molecule has 0 saturated carbocycles. The molecule has 2 aromatic carbocycles. The van der Waals surface area contributed by atoms with E-state index in [1.54, 1.807) is 0 Å². The number of quaternary nitrogens is 1. The van der Waals surface area contributed by atoms with Gasteiger partial charge >= 0.3 is 6.61 Å². The van der Waals surface area contributed by atoms with E-state index in [1.165, 1.54) is 29.8 Å². The van der Waals surface area contributed by atoms with Crippen molar-refractivity contribution in [2.24, 2.45) is 5.92 Å². The number of carbonyl (C=O) groups is 1. The molecule has 0 saturated heterocycles. The van der Waals surface area contributed by atoms with Crippen LogP contribution in [-0.2, 0) is 4.79 Å². The summed E-state index contributed by atoms with van der Waals surface area (Å²) in [6, 6.07) is 16.1. The highest BCUT2D eigenvalue weighted by atomic mass is 19.3. The highest BCUT2D eigenvalue weighted by Gasteiger charge is 2.20. The monoisotopic (exact) mass is 349 g/mol. The van der Waals surface area contributed by atoms with Crippen LogP contribution in [0.25, 0.3) is 0 Å². The minimum Gasteiger partial charge on any atom is -0.435 e. The Kier molecular flexibility index (Phi) is 6.89. The van der Waals surface area contributed by atoms with Gasteiger partial charge in [0.15, 0.2) is 6.54 Å². The average molecular weight is 349 g/mol. The molecule has 2 rings (SSSR count). The van der Waals surface area contributed by atoms with Crippen molar-refractivity contribution in [2.45, 2.75) is 26.5 Å². The molecule has 6 heteroatoms. The zero-order valence-electron chi connectivity index (χ0n) is 14.3. The largest absolute Gasteiger partial charge is 0.435 e. The number of hydrogen-bond donors (Lipinski definition) is 2. The third-order valence-corrected chi connectivity index (χ3v) is 3.82. The first kappa shape index (κ1) is 18.9. The van der Waals surface area contributed by atoms with E-state index in [4.69, 9.17) is 0 Å². The van der Waals surface area contributed by atoms with Crippen molar-refractivity contribution in [3.63, 3.8) is 0 Å². The Labute approximate surface area is 146 Å². The fourth-order valence-electron chi connectivity index (χ4n) is 2.63. The number of rotatable bonds is 8. The van der Waals surface area contributed by atoms with Crippen molar-refractivity contribution in [2.75, 3.05) is 11.9 Å². The lowest BCUT2D eigenvalue weighted by Crippen LogP contribution is -2.88. The number of carbonyl (C=O) groups excluding carboxylic acids is 1. The Morgan fingerprint density at radius 3 is 2.28 bits per heavy atom. The smallest absolute Gasteiger partial charge is 0.387 e. The molecule has 0 aliphatic rings. The summed E-state index contributed by atoms with van der Waals surface area (Å²) in [5, 5.41) is 4.76. The zero-order valence-corrected chi connectivity index (χ0v) is 14.3. The van der Waals surface area contributed by atoms with Crippen molar-refractivity contribution < 1.29 is 23.6 Å². The molecule has 1 amide bonds. The quantitative estimate of drug-likeness (QED) is 0.769. The predicted octanol–water partition coefficient (Wildman–Crippen LogP) is 3.19. The molecule has 0 unspecified atom stereocenters. The Morgan fingerprint density at radius 2 is 1.72 bits per heavy atom. The number of nitrogens with one attached hydrogen (secondary N) is 1. The van der Waals surface area contributed by atoms with Gasteiger partial charge in [-0.25, -0.2) is 0 Å². The van der Waals surface area contributed by atoms with Crippen LogP contribution in [0.4, 0.5) is 14.5 Å². The fraction of sp³-hybridized carbons (Fsp3) is 0.316. The molecule has 25 heavy (non-hydrogen) atoms. The maximum absolute atomic E-state index is 12.1. The van der Waals surface area contributed by atoms with Crippen molar-refractivity contribution in [3.8, 4) is 5.75 Å². The van der Waals surface area contributed by atoms with Crippen LogP contribution in [0.5, 0.6) is 5.75 Å².